The highest BCUT2D eigenvalue weighted by Gasteiger charge is 2.58. The molecule has 3 amide bonds. The van der Waals surface area contributed by atoms with Crippen LogP contribution in [0, 0.1) is 36.0 Å². The zero-order valence-electron chi connectivity index (χ0n) is 15.8. The smallest absolute Gasteiger partial charge is 0.233 e. The van der Waals surface area contributed by atoms with Crippen molar-refractivity contribution in [2.45, 2.75) is 38.5 Å². The average Bonchev–Trinajstić information content (AvgIpc) is 3.32. The molecule has 1 heterocycles. The van der Waals surface area contributed by atoms with Gasteiger partial charge in [0.15, 0.2) is 0 Å². The van der Waals surface area contributed by atoms with Gasteiger partial charge >= 0.3 is 0 Å². The highest BCUT2D eigenvalue weighted by Crippen LogP contribution is 2.52. The largest absolute Gasteiger partial charge is 0.332 e. The van der Waals surface area contributed by atoms with Crippen LogP contribution in [0.1, 0.15) is 38.5 Å². The fourth-order valence-corrected chi connectivity index (χ4v) is 4.79. The van der Waals surface area contributed by atoms with Crippen LogP contribution in [0.3, 0.4) is 0 Å². The molecule has 27 heavy (non-hydrogen) atoms. The van der Waals surface area contributed by atoms with Crippen LogP contribution in [-0.4, -0.2) is 53.7 Å². The number of hydrogen-bond donors (Lipinski definition) is 1. The van der Waals surface area contributed by atoms with Gasteiger partial charge in [0.2, 0.25) is 17.7 Å². The van der Waals surface area contributed by atoms with Crippen molar-refractivity contribution in [3.63, 3.8) is 0 Å². The van der Waals surface area contributed by atoms with Gasteiger partial charge in [-0.15, -0.1) is 6.42 Å². The van der Waals surface area contributed by atoms with E-state index in [2.05, 4.69) is 18.1 Å². The minimum atomic E-state index is -0.0987. The van der Waals surface area contributed by atoms with E-state index in [1.165, 1.54) is 4.90 Å². The summed E-state index contributed by atoms with van der Waals surface area (Å²) in [5, 5.41) is 0. The molecule has 2 bridgehead atoms. The van der Waals surface area contributed by atoms with Crippen LogP contribution in [0.15, 0.2) is 12.2 Å². The number of nitrogens with two attached hydrogens (primary N) is 1. The van der Waals surface area contributed by atoms with E-state index in [0.717, 1.165) is 32.1 Å². The average molecular weight is 371 g/mol. The SMILES string of the molecule is C#CCN(CCCCCCN1C(=O)[C@@H]2[C@H](C1=O)[C@H]1C=C[C@@H]2C1)C(=O)CCN. The van der Waals surface area contributed by atoms with E-state index in [1.807, 2.05) is 0 Å². The first kappa shape index (κ1) is 19.6. The van der Waals surface area contributed by atoms with Crippen molar-refractivity contribution in [1.29, 1.82) is 0 Å². The van der Waals surface area contributed by atoms with Crippen LogP contribution in [0.4, 0.5) is 0 Å². The molecule has 0 radical (unpaired) electrons. The lowest BCUT2D eigenvalue weighted by atomic mass is 9.85. The number of unbranched alkanes of at least 4 members (excludes halogenated alkanes) is 3. The summed E-state index contributed by atoms with van der Waals surface area (Å²) in [5.74, 6) is 2.93. The number of fused-ring (bicyclic) bond motifs is 5. The Balaban J connectivity index is 1.36. The number of amides is 3. The molecule has 3 rings (SSSR count). The van der Waals surface area contributed by atoms with Crippen LogP contribution >= 0.6 is 0 Å². The van der Waals surface area contributed by atoms with Crippen molar-refractivity contribution >= 4 is 17.7 Å². The van der Waals surface area contributed by atoms with Gasteiger partial charge in [0.1, 0.15) is 0 Å². The minimum absolute atomic E-state index is 0.00140. The second kappa shape index (κ2) is 8.71. The number of nitrogens with zero attached hydrogens (tertiary/aromatic N) is 2. The minimum Gasteiger partial charge on any atom is -0.332 e. The number of carbonyl (C=O) groups excluding carboxylic acids is 3. The van der Waals surface area contributed by atoms with Gasteiger partial charge in [-0.1, -0.05) is 30.9 Å². The Labute approximate surface area is 161 Å². The number of rotatable bonds is 10. The maximum Gasteiger partial charge on any atom is 0.233 e. The van der Waals surface area contributed by atoms with Gasteiger partial charge in [-0.05, 0) is 31.1 Å². The molecule has 2 aliphatic carbocycles. The van der Waals surface area contributed by atoms with Gasteiger partial charge in [0.25, 0.3) is 0 Å². The summed E-state index contributed by atoms with van der Waals surface area (Å²) >= 11 is 0. The van der Waals surface area contributed by atoms with Crippen molar-refractivity contribution in [1.82, 2.24) is 9.80 Å². The molecule has 0 aromatic rings. The van der Waals surface area contributed by atoms with E-state index in [9.17, 15) is 14.4 Å². The first-order chi connectivity index (χ1) is 13.1. The third-order valence-electron chi connectivity index (χ3n) is 6.11. The Bertz CT molecular complexity index is 636. The maximum atomic E-state index is 12.6. The van der Waals surface area contributed by atoms with E-state index >= 15 is 0 Å². The molecule has 0 unspecified atom stereocenters. The number of terminal acetylenes is 1. The standard InChI is InChI=1S/C21H29N3O3/c1-2-11-23(17(25)9-10-22)12-5-3-4-6-13-24-20(26)18-15-7-8-16(14-15)19(18)21(24)27/h1,7-8,15-16,18-19H,3-6,9-14,22H2/t15-,16+,18+,19-. The Hall–Kier alpha value is -2.13. The van der Waals surface area contributed by atoms with Gasteiger partial charge in [-0.25, -0.2) is 0 Å². The Kier molecular flexibility index (Phi) is 6.33. The van der Waals surface area contributed by atoms with Crippen molar-refractivity contribution in [2.24, 2.45) is 29.4 Å². The van der Waals surface area contributed by atoms with Gasteiger partial charge < -0.3 is 10.6 Å². The second-order valence-electron chi connectivity index (χ2n) is 7.80. The Morgan fingerprint density at radius 2 is 1.78 bits per heavy atom. The third-order valence-corrected chi connectivity index (χ3v) is 6.11. The number of likely N-dealkylation sites (tertiary alicyclic amines) is 1. The van der Waals surface area contributed by atoms with E-state index in [-0.39, 0.29) is 41.4 Å². The molecule has 0 aromatic carbocycles. The third kappa shape index (κ3) is 3.93. The number of carbonyl (C=O) groups is 3. The topological polar surface area (TPSA) is 83.7 Å². The molecule has 1 aliphatic heterocycles. The monoisotopic (exact) mass is 371 g/mol. The van der Waals surface area contributed by atoms with Crippen molar-refractivity contribution in [2.75, 3.05) is 26.2 Å². The molecule has 0 aromatic heterocycles. The molecule has 146 valence electrons. The van der Waals surface area contributed by atoms with Crippen LogP contribution < -0.4 is 5.73 Å². The maximum absolute atomic E-state index is 12.6. The molecular formula is C21H29N3O3. The number of hydrogen-bond acceptors (Lipinski definition) is 4. The fraction of sp³-hybridized carbons (Fsp3) is 0.667. The summed E-state index contributed by atoms with van der Waals surface area (Å²) in [6.45, 7) is 1.79. The molecule has 2 fully saturated rings. The highest BCUT2D eigenvalue weighted by atomic mass is 16.2. The molecule has 2 N–H and O–H groups in total. The van der Waals surface area contributed by atoms with E-state index < -0.39 is 0 Å². The molecule has 0 spiro atoms. The number of allylic oxidation sites excluding steroid dienone is 2. The Morgan fingerprint density at radius 1 is 1.15 bits per heavy atom. The lowest BCUT2D eigenvalue weighted by Crippen LogP contribution is -2.34. The van der Waals surface area contributed by atoms with Crippen LogP contribution in [0.5, 0.6) is 0 Å². The highest BCUT2D eigenvalue weighted by molar-refractivity contribution is 6.06. The zero-order valence-corrected chi connectivity index (χ0v) is 15.8. The molecule has 3 aliphatic rings. The van der Waals surface area contributed by atoms with Crippen LogP contribution in [0.2, 0.25) is 0 Å². The number of imide groups is 1. The quantitative estimate of drug-likeness (QED) is 0.270. The van der Waals surface area contributed by atoms with Gasteiger partial charge in [0.05, 0.1) is 18.4 Å². The molecule has 6 nitrogen and oxygen atoms in total. The van der Waals surface area contributed by atoms with Crippen molar-refractivity contribution < 1.29 is 14.4 Å². The molecule has 4 atom stereocenters. The zero-order chi connectivity index (χ0) is 19.4. The van der Waals surface area contributed by atoms with Gasteiger partial charge in [-0.3, -0.25) is 19.3 Å². The summed E-state index contributed by atoms with van der Waals surface area (Å²) in [5.41, 5.74) is 5.43. The molecule has 1 saturated carbocycles. The van der Waals surface area contributed by atoms with E-state index in [4.69, 9.17) is 12.2 Å². The first-order valence-corrected chi connectivity index (χ1v) is 10.0. The normalized spacial score (nSPS) is 27.9. The molecular weight excluding hydrogens is 342 g/mol. The van der Waals surface area contributed by atoms with Gasteiger partial charge in [0, 0.05) is 26.1 Å². The van der Waals surface area contributed by atoms with Crippen molar-refractivity contribution in [3.05, 3.63) is 12.2 Å². The van der Waals surface area contributed by atoms with Gasteiger partial charge in [-0.2, -0.15) is 0 Å². The lowest BCUT2D eigenvalue weighted by Gasteiger charge is -2.20. The second-order valence-corrected chi connectivity index (χ2v) is 7.80. The predicted molar refractivity (Wildman–Crippen MR) is 102 cm³/mol. The first-order valence-electron chi connectivity index (χ1n) is 10.0. The summed E-state index contributed by atoms with van der Waals surface area (Å²) in [4.78, 5) is 40.3. The summed E-state index contributed by atoms with van der Waals surface area (Å²) in [6, 6.07) is 0. The van der Waals surface area contributed by atoms with E-state index in [0.29, 0.717) is 32.6 Å². The van der Waals surface area contributed by atoms with Crippen LogP contribution in [-0.2, 0) is 14.4 Å². The molecule has 6 heteroatoms. The summed E-state index contributed by atoms with van der Waals surface area (Å²) < 4.78 is 0. The summed E-state index contributed by atoms with van der Waals surface area (Å²) in [6.07, 6.45) is 14.4. The fourth-order valence-electron chi connectivity index (χ4n) is 4.79. The lowest BCUT2D eigenvalue weighted by molar-refractivity contribution is -0.140. The van der Waals surface area contributed by atoms with Crippen LogP contribution in [0.25, 0.3) is 0 Å². The Morgan fingerprint density at radius 3 is 2.37 bits per heavy atom. The predicted octanol–water partition coefficient (Wildman–Crippen LogP) is 1.16. The molecule has 1 saturated heterocycles. The van der Waals surface area contributed by atoms with Crippen molar-refractivity contribution in [3.8, 4) is 12.3 Å². The van der Waals surface area contributed by atoms with E-state index in [1.54, 1.807) is 4.90 Å². The summed E-state index contributed by atoms with van der Waals surface area (Å²) in [7, 11) is 0.